The van der Waals surface area contributed by atoms with E-state index in [1.807, 2.05) is 25.1 Å². The Morgan fingerprint density at radius 3 is 2.33 bits per heavy atom. The Kier molecular flexibility index (Phi) is 4.72. The molecule has 2 aromatic carbocycles. The van der Waals surface area contributed by atoms with Gasteiger partial charge in [-0.25, -0.2) is 0 Å². The second kappa shape index (κ2) is 6.70. The first-order chi connectivity index (χ1) is 10.1. The predicted molar refractivity (Wildman–Crippen MR) is 81.6 cm³/mol. The van der Waals surface area contributed by atoms with Crippen LogP contribution < -0.4 is 5.32 Å². The van der Waals surface area contributed by atoms with Crippen LogP contribution in [0.5, 0.6) is 0 Å². The molecule has 0 fully saturated rings. The zero-order valence-corrected chi connectivity index (χ0v) is 11.8. The summed E-state index contributed by atoms with van der Waals surface area (Å²) in [5, 5.41) is 11.5. The molecule has 0 unspecified atom stereocenters. The van der Waals surface area contributed by atoms with Gasteiger partial charge in [0.25, 0.3) is 5.91 Å². The third kappa shape index (κ3) is 3.92. The van der Waals surface area contributed by atoms with E-state index < -0.39 is 5.97 Å². The van der Waals surface area contributed by atoms with Crippen molar-refractivity contribution in [1.29, 1.82) is 0 Å². The van der Waals surface area contributed by atoms with Crippen molar-refractivity contribution in [2.24, 2.45) is 0 Å². The fraction of sp³-hybridized carbons (Fsp3) is 0.176. The molecule has 0 atom stereocenters. The highest BCUT2D eigenvalue weighted by Crippen LogP contribution is 2.14. The predicted octanol–water partition coefficient (Wildman–Crippen LogP) is 3.13. The largest absolute Gasteiger partial charge is 0.481 e. The highest BCUT2D eigenvalue weighted by Gasteiger charge is 2.10. The molecule has 0 aliphatic rings. The van der Waals surface area contributed by atoms with Crippen molar-refractivity contribution in [3.8, 4) is 0 Å². The number of carbonyl (C=O) groups excluding carboxylic acids is 1. The summed E-state index contributed by atoms with van der Waals surface area (Å²) in [5.74, 6) is -1.03. The van der Waals surface area contributed by atoms with Gasteiger partial charge in [0.15, 0.2) is 0 Å². The monoisotopic (exact) mass is 283 g/mol. The highest BCUT2D eigenvalue weighted by molar-refractivity contribution is 6.05. The van der Waals surface area contributed by atoms with E-state index in [1.165, 1.54) is 0 Å². The molecule has 0 saturated heterocycles. The standard InChI is InChI=1S/C17H17NO3/c1-2-13-5-3-4-6-15(13)17(21)18-14-9-7-12(8-10-14)11-16(19)20/h3-10H,2,11H2,1H3,(H,18,21)(H,19,20). The lowest BCUT2D eigenvalue weighted by Gasteiger charge is -2.09. The van der Waals surface area contributed by atoms with Crippen LogP contribution in [0.3, 0.4) is 0 Å². The van der Waals surface area contributed by atoms with Gasteiger partial charge in [-0.2, -0.15) is 0 Å². The van der Waals surface area contributed by atoms with E-state index in [0.29, 0.717) is 16.8 Å². The summed E-state index contributed by atoms with van der Waals surface area (Å²) in [6.07, 6.45) is 0.772. The lowest BCUT2D eigenvalue weighted by atomic mass is 10.0. The van der Waals surface area contributed by atoms with Gasteiger partial charge in [-0.05, 0) is 35.7 Å². The van der Waals surface area contributed by atoms with Crippen molar-refractivity contribution in [2.75, 3.05) is 5.32 Å². The van der Waals surface area contributed by atoms with Gasteiger partial charge >= 0.3 is 5.97 Å². The van der Waals surface area contributed by atoms with Gasteiger partial charge in [-0.3, -0.25) is 9.59 Å². The number of anilines is 1. The topological polar surface area (TPSA) is 66.4 Å². The molecule has 4 nitrogen and oxygen atoms in total. The molecule has 0 aliphatic heterocycles. The van der Waals surface area contributed by atoms with Crippen LogP contribution in [-0.2, 0) is 17.6 Å². The third-order valence-electron chi connectivity index (χ3n) is 3.21. The number of aliphatic carboxylic acids is 1. The highest BCUT2D eigenvalue weighted by atomic mass is 16.4. The molecule has 2 N–H and O–H groups in total. The van der Waals surface area contributed by atoms with E-state index in [9.17, 15) is 9.59 Å². The SMILES string of the molecule is CCc1ccccc1C(=O)Nc1ccc(CC(=O)O)cc1. The number of amides is 1. The number of aryl methyl sites for hydroxylation is 1. The van der Waals surface area contributed by atoms with E-state index >= 15 is 0 Å². The van der Waals surface area contributed by atoms with Crippen molar-refractivity contribution in [3.63, 3.8) is 0 Å². The van der Waals surface area contributed by atoms with Crippen LogP contribution in [0, 0.1) is 0 Å². The fourth-order valence-electron chi connectivity index (χ4n) is 2.13. The molecule has 0 bridgehead atoms. The molecule has 0 aliphatic carbocycles. The lowest BCUT2D eigenvalue weighted by Crippen LogP contribution is -2.14. The first-order valence-corrected chi connectivity index (χ1v) is 6.80. The fourth-order valence-corrected chi connectivity index (χ4v) is 2.13. The third-order valence-corrected chi connectivity index (χ3v) is 3.21. The van der Waals surface area contributed by atoms with Crippen molar-refractivity contribution in [1.82, 2.24) is 0 Å². The Morgan fingerprint density at radius 2 is 1.71 bits per heavy atom. The minimum absolute atomic E-state index is 0.0209. The minimum Gasteiger partial charge on any atom is -0.481 e. The number of carboxylic acid groups (broad SMARTS) is 1. The van der Waals surface area contributed by atoms with E-state index in [-0.39, 0.29) is 12.3 Å². The van der Waals surface area contributed by atoms with E-state index in [0.717, 1.165) is 12.0 Å². The maximum Gasteiger partial charge on any atom is 0.307 e. The van der Waals surface area contributed by atoms with Crippen LogP contribution in [0.15, 0.2) is 48.5 Å². The zero-order valence-electron chi connectivity index (χ0n) is 11.8. The van der Waals surface area contributed by atoms with Gasteiger partial charge in [0.05, 0.1) is 6.42 Å². The summed E-state index contributed by atoms with van der Waals surface area (Å²) in [4.78, 5) is 22.9. The number of hydrogen-bond donors (Lipinski definition) is 2. The zero-order chi connectivity index (χ0) is 15.2. The van der Waals surface area contributed by atoms with Crippen LogP contribution in [0.4, 0.5) is 5.69 Å². The van der Waals surface area contributed by atoms with Gasteiger partial charge in [-0.1, -0.05) is 37.3 Å². The Labute approximate surface area is 123 Å². The number of benzene rings is 2. The average molecular weight is 283 g/mol. The molecule has 2 rings (SSSR count). The summed E-state index contributed by atoms with van der Waals surface area (Å²) in [6.45, 7) is 2.01. The molecule has 0 spiro atoms. The van der Waals surface area contributed by atoms with Crippen LogP contribution in [0.1, 0.15) is 28.4 Å². The van der Waals surface area contributed by atoms with Gasteiger partial charge in [0.1, 0.15) is 0 Å². The molecule has 0 aromatic heterocycles. The Bertz CT molecular complexity index is 647. The van der Waals surface area contributed by atoms with Crippen molar-refractivity contribution >= 4 is 17.6 Å². The molecule has 108 valence electrons. The summed E-state index contributed by atoms with van der Waals surface area (Å²) in [5.41, 5.74) is 3.02. The van der Waals surface area contributed by atoms with Crippen molar-refractivity contribution in [3.05, 3.63) is 65.2 Å². The number of carboxylic acids is 1. The Balaban J connectivity index is 2.10. The molecule has 4 heteroatoms. The minimum atomic E-state index is -0.872. The molecular weight excluding hydrogens is 266 g/mol. The second-order valence-electron chi connectivity index (χ2n) is 4.73. The molecule has 1 amide bonds. The van der Waals surface area contributed by atoms with Gasteiger partial charge in [-0.15, -0.1) is 0 Å². The normalized spacial score (nSPS) is 10.1. The van der Waals surface area contributed by atoms with E-state index in [4.69, 9.17) is 5.11 Å². The van der Waals surface area contributed by atoms with Crippen molar-refractivity contribution in [2.45, 2.75) is 19.8 Å². The molecule has 0 heterocycles. The first kappa shape index (κ1) is 14.8. The average Bonchev–Trinajstić information content (AvgIpc) is 2.48. The number of carbonyl (C=O) groups is 2. The number of hydrogen-bond acceptors (Lipinski definition) is 2. The molecule has 2 aromatic rings. The molecular formula is C17H17NO3. The first-order valence-electron chi connectivity index (χ1n) is 6.80. The van der Waals surface area contributed by atoms with Crippen molar-refractivity contribution < 1.29 is 14.7 Å². The van der Waals surface area contributed by atoms with Crippen LogP contribution in [0.2, 0.25) is 0 Å². The maximum absolute atomic E-state index is 12.3. The summed E-state index contributed by atoms with van der Waals surface area (Å²) < 4.78 is 0. The van der Waals surface area contributed by atoms with Crippen LogP contribution in [0.25, 0.3) is 0 Å². The van der Waals surface area contributed by atoms with Gasteiger partial charge < -0.3 is 10.4 Å². The quantitative estimate of drug-likeness (QED) is 0.886. The summed E-state index contributed by atoms with van der Waals surface area (Å²) in [7, 11) is 0. The Morgan fingerprint density at radius 1 is 1.05 bits per heavy atom. The number of rotatable bonds is 5. The molecule has 0 saturated carbocycles. The summed E-state index contributed by atoms with van der Waals surface area (Å²) in [6, 6.07) is 14.3. The maximum atomic E-state index is 12.3. The van der Waals surface area contributed by atoms with Crippen LogP contribution in [-0.4, -0.2) is 17.0 Å². The van der Waals surface area contributed by atoms with E-state index in [1.54, 1.807) is 30.3 Å². The number of nitrogens with one attached hydrogen (secondary N) is 1. The Hall–Kier alpha value is -2.62. The van der Waals surface area contributed by atoms with Gasteiger partial charge in [0.2, 0.25) is 0 Å². The summed E-state index contributed by atoms with van der Waals surface area (Å²) >= 11 is 0. The van der Waals surface area contributed by atoms with Gasteiger partial charge in [0, 0.05) is 11.3 Å². The molecule has 0 radical (unpaired) electrons. The van der Waals surface area contributed by atoms with Crippen LogP contribution >= 0.6 is 0 Å². The molecule has 21 heavy (non-hydrogen) atoms. The second-order valence-corrected chi connectivity index (χ2v) is 4.73. The van der Waals surface area contributed by atoms with E-state index in [2.05, 4.69) is 5.32 Å². The lowest BCUT2D eigenvalue weighted by molar-refractivity contribution is -0.136. The smallest absolute Gasteiger partial charge is 0.307 e.